The summed E-state index contributed by atoms with van der Waals surface area (Å²) in [5.41, 5.74) is 1.68. The number of rotatable bonds is 3. The number of halogens is 1. The minimum Gasteiger partial charge on any atom is -0.336 e. The summed E-state index contributed by atoms with van der Waals surface area (Å²) < 4.78 is 13.9. The Morgan fingerprint density at radius 2 is 1.79 bits per heavy atom. The normalized spacial score (nSPS) is 15.1. The Hall–Kier alpha value is -2.71. The fourth-order valence-corrected chi connectivity index (χ4v) is 2.88. The molecule has 122 valence electrons. The van der Waals surface area contributed by atoms with Crippen LogP contribution in [-0.2, 0) is 6.54 Å². The molecular formula is C19H18FN3O. The first-order valence-corrected chi connectivity index (χ1v) is 7.92. The number of benzene rings is 2. The lowest BCUT2D eigenvalue weighted by Crippen LogP contribution is -2.48. The molecule has 0 atom stereocenters. The van der Waals surface area contributed by atoms with Crippen LogP contribution in [0, 0.1) is 17.1 Å². The van der Waals surface area contributed by atoms with E-state index in [2.05, 4.69) is 4.90 Å². The Morgan fingerprint density at radius 1 is 1.08 bits per heavy atom. The maximum absolute atomic E-state index is 13.9. The van der Waals surface area contributed by atoms with Crippen LogP contribution in [0.25, 0.3) is 0 Å². The molecule has 0 unspecified atom stereocenters. The maximum Gasteiger partial charge on any atom is 0.253 e. The van der Waals surface area contributed by atoms with E-state index in [1.807, 2.05) is 41.3 Å². The summed E-state index contributed by atoms with van der Waals surface area (Å²) >= 11 is 0. The third kappa shape index (κ3) is 3.61. The van der Waals surface area contributed by atoms with Crippen LogP contribution >= 0.6 is 0 Å². The van der Waals surface area contributed by atoms with E-state index >= 15 is 0 Å². The summed E-state index contributed by atoms with van der Waals surface area (Å²) in [6.07, 6.45) is 0. The highest BCUT2D eigenvalue weighted by atomic mass is 19.1. The Balaban J connectivity index is 1.60. The highest BCUT2D eigenvalue weighted by molar-refractivity contribution is 5.94. The van der Waals surface area contributed by atoms with E-state index in [0.717, 1.165) is 0 Å². The molecule has 1 amide bonds. The smallest absolute Gasteiger partial charge is 0.253 e. The van der Waals surface area contributed by atoms with Gasteiger partial charge in [0.25, 0.3) is 5.91 Å². The third-order valence-corrected chi connectivity index (χ3v) is 4.25. The van der Waals surface area contributed by atoms with Crippen molar-refractivity contribution in [2.45, 2.75) is 6.54 Å². The Morgan fingerprint density at radius 3 is 2.46 bits per heavy atom. The van der Waals surface area contributed by atoms with Crippen molar-refractivity contribution in [3.05, 3.63) is 71.0 Å². The zero-order valence-electron chi connectivity index (χ0n) is 13.3. The molecule has 0 bridgehead atoms. The van der Waals surface area contributed by atoms with Crippen LogP contribution in [-0.4, -0.2) is 41.9 Å². The predicted molar refractivity (Wildman–Crippen MR) is 88.7 cm³/mol. The Bertz CT molecular complexity index is 762. The van der Waals surface area contributed by atoms with Crippen LogP contribution in [0.1, 0.15) is 21.5 Å². The quantitative estimate of drug-likeness (QED) is 0.872. The maximum atomic E-state index is 13.9. The van der Waals surface area contributed by atoms with E-state index in [1.54, 1.807) is 6.07 Å². The van der Waals surface area contributed by atoms with Crippen LogP contribution in [0.15, 0.2) is 48.5 Å². The summed E-state index contributed by atoms with van der Waals surface area (Å²) in [5, 5.41) is 8.93. The van der Waals surface area contributed by atoms with Crippen LogP contribution in [0.5, 0.6) is 0 Å². The average molecular weight is 323 g/mol. The molecule has 1 fully saturated rings. The predicted octanol–water partition coefficient (Wildman–Crippen LogP) is 2.66. The van der Waals surface area contributed by atoms with Crippen molar-refractivity contribution < 1.29 is 9.18 Å². The lowest BCUT2D eigenvalue weighted by molar-refractivity contribution is 0.0627. The number of nitrogens with zero attached hydrogens (tertiary/aromatic N) is 3. The van der Waals surface area contributed by atoms with Gasteiger partial charge < -0.3 is 4.90 Å². The molecule has 24 heavy (non-hydrogen) atoms. The second-order valence-electron chi connectivity index (χ2n) is 5.85. The van der Waals surface area contributed by atoms with E-state index in [-0.39, 0.29) is 11.7 Å². The number of carbonyl (C=O) groups excluding carboxylic acids is 1. The number of carbonyl (C=O) groups is 1. The Kier molecular flexibility index (Phi) is 4.88. The van der Waals surface area contributed by atoms with Gasteiger partial charge in [-0.2, -0.15) is 5.26 Å². The van der Waals surface area contributed by atoms with E-state index in [4.69, 9.17) is 5.26 Å². The molecule has 1 aliphatic rings. The van der Waals surface area contributed by atoms with Gasteiger partial charge in [0.15, 0.2) is 0 Å². The Labute approximate surface area is 140 Å². The second kappa shape index (κ2) is 7.24. The van der Waals surface area contributed by atoms with E-state index < -0.39 is 0 Å². The van der Waals surface area contributed by atoms with Crippen LogP contribution in [0.3, 0.4) is 0 Å². The van der Waals surface area contributed by atoms with Crippen molar-refractivity contribution in [2.24, 2.45) is 0 Å². The number of piperazine rings is 1. The molecule has 2 aromatic rings. The van der Waals surface area contributed by atoms with Crippen molar-refractivity contribution in [1.82, 2.24) is 9.80 Å². The third-order valence-electron chi connectivity index (χ3n) is 4.25. The van der Waals surface area contributed by atoms with Crippen molar-refractivity contribution in [1.29, 1.82) is 5.26 Å². The van der Waals surface area contributed by atoms with Crippen LogP contribution in [0.4, 0.5) is 4.39 Å². The first-order valence-electron chi connectivity index (χ1n) is 7.92. The molecule has 1 saturated heterocycles. The van der Waals surface area contributed by atoms with Gasteiger partial charge in [-0.1, -0.05) is 18.2 Å². The van der Waals surface area contributed by atoms with Gasteiger partial charge in [-0.15, -0.1) is 0 Å². The van der Waals surface area contributed by atoms with E-state index in [9.17, 15) is 9.18 Å². The van der Waals surface area contributed by atoms with E-state index in [0.29, 0.717) is 49.4 Å². The second-order valence-corrected chi connectivity index (χ2v) is 5.85. The van der Waals surface area contributed by atoms with Crippen LogP contribution < -0.4 is 0 Å². The fourth-order valence-electron chi connectivity index (χ4n) is 2.88. The van der Waals surface area contributed by atoms with Gasteiger partial charge in [-0.05, 0) is 30.3 Å². The average Bonchev–Trinajstić information content (AvgIpc) is 2.64. The summed E-state index contributed by atoms with van der Waals surface area (Å²) in [4.78, 5) is 16.3. The largest absolute Gasteiger partial charge is 0.336 e. The number of hydrogen-bond acceptors (Lipinski definition) is 3. The molecule has 0 saturated carbocycles. The first kappa shape index (κ1) is 16.2. The highest BCUT2D eigenvalue weighted by Gasteiger charge is 2.22. The topological polar surface area (TPSA) is 47.3 Å². The summed E-state index contributed by atoms with van der Waals surface area (Å²) in [7, 11) is 0. The summed E-state index contributed by atoms with van der Waals surface area (Å²) in [6.45, 7) is 3.07. The lowest BCUT2D eigenvalue weighted by Gasteiger charge is -2.34. The summed E-state index contributed by atoms with van der Waals surface area (Å²) in [6, 6.07) is 15.7. The standard InChI is InChI=1S/C19H18FN3O/c20-18-7-6-15(13-21)12-17(18)14-22-8-10-23(11-9-22)19(24)16-4-2-1-3-5-16/h1-7,12H,8-11,14H2. The molecule has 3 rings (SSSR count). The minimum atomic E-state index is -0.295. The molecule has 0 N–H and O–H groups in total. The van der Waals surface area contributed by atoms with Crippen molar-refractivity contribution in [2.75, 3.05) is 26.2 Å². The fraction of sp³-hybridized carbons (Fsp3) is 0.263. The van der Waals surface area contributed by atoms with E-state index in [1.165, 1.54) is 12.1 Å². The van der Waals surface area contributed by atoms with Crippen molar-refractivity contribution >= 4 is 5.91 Å². The molecule has 2 aromatic carbocycles. The van der Waals surface area contributed by atoms with Gasteiger partial charge in [0.05, 0.1) is 11.6 Å². The monoisotopic (exact) mass is 323 g/mol. The zero-order chi connectivity index (χ0) is 16.9. The highest BCUT2D eigenvalue weighted by Crippen LogP contribution is 2.15. The van der Waals surface area contributed by atoms with Crippen molar-refractivity contribution in [3.8, 4) is 6.07 Å². The van der Waals surface area contributed by atoms with Gasteiger partial charge >= 0.3 is 0 Å². The molecule has 0 aromatic heterocycles. The van der Waals surface area contributed by atoms with Crippen molar-refractivity contribution in [3.63, 3.8) is 0 Å². The molecule has 1 aliphatic heterocycles. The van der Waals surface area contributed by atoms with Gasteiger partial charge in [-0.25, -0.2) is 4.39 Å². The van der Waals surface area contributed by atoms with Crippen LogP contribution in [0.2, 0.25) is 0 Å². The number of nitriles is 1. The summed E-state index contributed by atoms with van der Waals surface area (Å²) in [5.74, 6) is -0.260. The SMILES string of the molecule is N#Cc1ccc(F)c(CN2CCN(C(=O)c3ccccc3)CC2)c1. The number of amides is 1. The first-order chi connectivity index (χ1) is 11.7. The van der Waals surface area contributed by atoms with Gasteiger partial charge in [0.2, 0.25) is 0 Å². The molecule has 1 heterocycles. The molecular weight excluding hydrogens is 305 g/mol. The van der Waals surface area contributed by atoms with Gasteiger partial charge in [0, 0.05) is 43.9 Å². The molecule has 5 heteroatoms. The minimum absolute atomic E-state index is 0.0351. The molecule has 4 nitrogen and oxygen atoms in total. The molecule has 0 radical (unpaired) electrons. The lowest BCUT2D eigenvalue weighted by atomic mass is 10.1. The zero-order valence-corrected chi connectivity index (χ0v) is 13.3. The molecule has 0 aliphatic carbocycles. The van der Waals surface area contributed by atoms with Gasteiger partial charge in [0.1, 0.15) is 5.82 Å². The molecule has 0 spiro atoms. The number of hydrogen-bond donors (Lipinski definition) is 0. The van der Waals surface area contributed by atoms with Gasteiger partial charge in [-0.3, -0.25) is 9.69 Å².